The van der Waals surface area contributed by atoms with Gasteiger partial charge in [0.05, 0.1) is 13.2 Å². The zero-order valence-corrected chi connectivity index (χ0v) is 11.0. The number of aliphatic hydroxyl groups is 1. The first-order valence-corrected chi connectivity index (χ1v) is 6.31. The average molecular weight is 246 g/mol. The molecule has 0 bridgehead atoms. The Balaban J connectivity index is 4.06. The molecule has 0 aliphatic carbocycles. The number of nitrogens with two attached hydrogens (primary N) is 1. The number of nitrogens with zero attached hydrogens (tertiary/aromatic N) is 1. The number of unbranched alkanes of at least 4 members (excludes halogenated alkanes) is 3. The minimum atomic E-state index is -0.627. The highest BCUT2D eigenvalue weighted by molar-refractivity contribution is 5.81. The highest BCUT2D eigenvalue weighted by Gasteiger charge is 2.19. The van der Waals surface area contributed by atoms with E-state index in [-0.39, 0.29) is 19.1 Å². The van der Waals surface area contributed by atoms with Crippen molar-refractivity contribution in [1.82, 2.24) is 4.90 Å². The van der Waals surface area contributed by atoms with Crippen LogP contribution in [0, 0.1) is 0 Å². The Morgan fingerprint density at radius 3 is 2.59 bits per heavy atom. The summed E-state index contributed by atoms with van der Waals surface area (Å²) in [6, 6.07) is -0.627. The number of ether oxygens (including phenoxy) is 1. The van der Waals surface area contributed by atoms with E-state index in [0.29, 0.717) is 13.1 Å². The highest BCUT2D eigenvalue weighted by atomic mass is 16.5. The molecule has 0 radical (unpaired) electrons. The molecule has 0 aromatic heterocycles. The topological polar surface area (TPSA) is 75.8 Å². The van der Waals surface area contributed by atoms with E-state index in [1.165, 1.54) is 13.5 Å². The van der Waals surface area contributed by atoms with Gasteiger partial charge in [-0.2, -0.15) is 0 Å². The Hall–Kier alpha value is -0.650. The predicted octanol–water partition coefficient (Wildman–Crippen LogP) is 0.361. The summed E-state index contributed by atoms with van der Waals surface area (Å²) in [7, 11) is 1.52. The molecule has 0 saturated heterocycles. The number of amides is 1. The summed E-state index contributed by atoms with van der Waals surface area (Å²) in [4.78, 5) is 13.5. The molecule has 1 amide bonds. The molecular formula is C12H26N2O3. The Morgan fingerprint density at radius 2 is 2.06 bits per heavy atom. The van der Waals surface area contributed by atoms with E-state index in [1.54, 1.807) is 4.90 Å². The number of hydrogen-bond acceptors (Lipinski definition) is 4. The molecule has 102 valence electrons. The lowest BCUT2D eigenvalue weighted by Crippen LogP contribution is -2.47. The van der Waals surface area contributed by atoms with Crippen molar-refractivity contribution in [3.63, 3.8) is 0 Å². The van der Waals surface area contributed by atoms with Gasteiger partial charge in [0.1, 0.15) is 6.04 Å². The fourth-order valence-electron chi connectivity index (χ4n) is 1.67. The van der Waals surface area contributed by atoms with Crippen molar-refractivity contribution in [2.24, 2.45) is 5.73 Å². The number of methoxy groups -OCH3 is 1. The van der Waals surface area contributed by atoms with Crippen molar-refractivity contribution in [2.45, 2.75) is 38.6 Å². The molecular weight excluding hydrogens is 220 g/mol. The second-order valence-electron chi connectivity index (χ2n) is 4.17. The van der Waals surface area contributed by atoms with E-state index >= 15 is 0 Å². The number of carbonyl (C=O) groups is 1. The van der Waals surface area contributed by atoms with Gasteiger partial charge >= 0.3 is 0 Å². The van der Waals surface area contributed by atoms with Gasteiger partial charge in [0.25, 0.3) is 0 Å². The Morgan fingerprint density at radius 1 is 1.35 bits per heavy atom. The van der Waals surface area contributed by atoms with Crippen LogP contribution in [0.25, 0.3) is 0 Å². The summed E-state index contributed by atoms with van der Waals surface area (Å²) < 4.78 is 4.86. The zero-order valence-electron chi connectivity index (χ0n) is 11.0. The molecule has 0 spiro atoms. The van der Waals surface area contributed by atoms with Gasteiger partial charge in [0.2, 0.25) is 5.91 Å². The first kappa shape index (κ1) is 16.4. The van der Waals surface area contributed by atoms with E-state index in [1.807, 2.05) is 0 Å². The first-order valence-electron chi connectivity index (χ1n) is 6.31. The van der Waals surface area contributed by atoms with Crippen molar-refractivity contribution in [2.75, 3.05) is 33.4 Å². The lowest BCUT2D eigenvalue weighted by Gasteiger charge is -2.24. The van der Waals surface area contributed by atoms with Crippen molar-refractivity contribution in [3.05, 3.63) is 0 Å². The quantitative estimate of drug-likeness (QED) is 0.546. The molecule has 17 heavy (non-hydrogen) atoms. The molecule has 0 aliphatic heterocycles. The van der Waals surface area contributed by atoms with E-state index in [2.05, 4.69) is 6.92 Å². The Kier molecular flexibility index (Phi) is 10.1. The summed E-state index contributed by atoms with van der Waals surface area (Å²) >= 11 is 0. The molecule has 0 saturated carbocycles. The normalized spacial score (nSPS) is 12.5. The summed E-state index contributed by atoms with van der Waals surface area (Å²) in [6.07, 6.45) is 4.40. The van der Waals surface area contributed by atoms with Crippen LogP contribution in [-0.4, -0.2) is 55.4 Å². The third-order valence-electron chi connectivity index (χ3n) is 2.63. The Labute approximate surface area is 104 Å². The van der Waals surface area contributed by atoms with Gasteiger partial charge in [-0.15, -0.1) is 0 Å². The molecule has 1 atom stereocenters. The molecule has 3 N–H and O–H groups in total. The van der Waals surface area contributed by atoms with E-state index in [0.717, 1.165) is 19.3 Å². The van der Waals surface area contributed by atoms with Crippen molar-refractivity contribution >= 4 is 5.91 Å². The van der Waals surface area contributed by atoms with Gasteiger partial charge in [-0.1, -0.05) is 26.2 Å². The predicted molar refractivity (Wildman–Crippen MR) is 67.7 cm³/mol. The monoisotopic (exact) mass is 246 g/mol. The summed E-state index contributed by atoms with van der Waals surface area (Å²) in [5, 5.41) is 8.93. The van der Waals surface area contributed by atoms with Crippen molar-refractivity contribution in [1.29, 1.82) is 0 Å². The van der Waals surface area contributed by atoms with Gasteiger partial charge in [-0.05, 0) is 6.42 Å². The van der Waals surface area contributed by atoms with Crippen LogP contribution in [-0.2, 0) is 9.53 Å². The minimum Gasteiger partial charge on any atom is -0.395 e. The van der Waals surface area contributed by atoms with Gasteiger partial charge in [-0.3, -0.25) is 4.79 Å². The second kappa shape index (κ2) is 10.5. The number of aliphatic hydroxyl groups excluding tert-OH is 1. The maximum atomic E-state index is 11.9. The van der Waals surface area contributed by atoms with Gasteiger partial charge in [-0.25, -0.2) is 0 Å². The molecule has 0 fully saturated rings. The fourth-order valence-corrected chi connectivity index (χ4v) is 1.67. The Bertz CT molecular complexity index is 200. The standard InChI is InChI=1S/C12H26N2O3/c1-3-4-5-6-7-14(8-9-15)12(16)11(13)10-17-2/h11,15H,3-10,13H2,1-2H3. The molecule has 5 nitrogen and oxygen atoms in total. The number of hydrogen-bond donors (Lipinski definition) is 2. The molecule has 0 heterocycles. The largest absolute Gasteiger partial charge is 0.395 e. The first-order chi connectivity index (χ1) is 8.17. The van der Waals surface area contributed by atoms with Crippen LogP contribution in [0.3, 0.4) is 0 Å². The third-order valence-corrected chi connectivity index (χ3v) is 2.63. The summed E-state index contributed by atoms with van der Waals surface area (Å²) in [6.45, 7) is 3.35. The highest BCUT2D eigenvalue weighted by Crippen LogP contribution is 2.03. The van der Waals surface area contributed by atoms with Gasteiger partial charge < -0.3 is 20.5 Å². The van der Waals surface area contributed by atoms with E-state index in [4.69, 9.17) is 15.6 Å². The van der Waals surface area contributed by atoms with Crippen molar-refractivity contribution < 1.29 is 14.6 Å². The van der Waals surface area contributed by atoms with Gasteiger partial charge in [0, 0.05) is 20.2 Å². The maximum absolute atomic E-state index is 11.9. The minimum absolute atomic E-state index is 0.0286. The van der Waals surface area contributed by atoms with Crippen LogP contribution < -0.4 is 5.73 Å². The third kappa shape index (κ3) is 7.31. The van der Waals surface area contributed by atoms with E-state index in [9.17, 15) is 4.79 Å². The van der Waals surface area contributed by atoms with E-state index < -0.39 is 6.04 Å². The van der Waals surface area contributed by atoms with Crippen LogP contribution in [0.5, 0.6) is 0 Å². The fraction of sp³-hybridized carbons (Fsp3) is 0.917. The average Bonchev–Trinajstić information content (AvgIpc) is 2.32. The molecule has 1 unspecified atom stereocenters. The van der Waals surface area contributed by atoms with Crippen LogP contribution in [0.4, 0.5) is 0 Å². The lowest BCUT2D eigenvalue weighted by molar-refractivity contribution is -0.134. The summed E-state index contributed by atoms with van der Waals surface area (Å²) in [5.41, 5.74) is 5.69. The lowest BCUT2D eigenvalue weighted by atomic mass is 10.2. The molecule has 0 aromatic carbocycles. The number of carbonyl (C=O) groups excluding carboxylic acids is 1. The van der Waals surface area contributed by atoms with Crippen LogP contribution in [0.15, 0.2) is 0 Å². The van der Waals surface area contributed by atoms with Crippen molar-refractivity contribution in [3.8, 4) is 0 Å². The smallest absolute Gasteiger partial charge is 0.241 e. The molecule has 5 heteroatoms. The van der Waals surface area contributed by atoms with Gasteiger partial charge in [0.15, 0.2) is 0 Å². The maximum Gasteiger partial charge on any atom is 0.241 e. The SMILES string of the molecule is CCCCCCN(CCO)C(=O)C(N)COC. The summed E-state index contributed by atoms with van der Waals surface area (Å²) in [5.74, 6) is -0.141. The van der Waals surface area contributed by atoms with Crippen LogP contribution in [0.2, 0.25) is 0 Å². The molecule has 0 rings (SSSR count). The van der Waals surface area contributed by atoms with Crippen LogP contribution in [0.1, 0.15) is 32.6 Å². The number of rotatable bonds is 10. The van der Waals surface area contributed by atoms with Crippen LogP contribution >= 0.6 is 0 Å². The molecule has 0 aliphatic rings. The molecule has 0 aromatic rings. The zero-order chi connectivity index (χ0) is 13.1. The second-order valence-corrected chi connectivity index (χ2v) is 4.17.